The second kappa shape index (κ2) is 6.34. The third-order valence-corrected chi connectivity index (χ3v) is 4.74. The van der Waals surface area contributed by atoms with Crippen LogP contribution < -0.4 is 4.72 Å². The number of aliphatic hydroxyl groups excluding tert-OH is 1. The maximum absolute atomic E-state index is 11.6. The lowest BCUT2D eigenvalue weighted by Crippen LogP contribution is -2.28. The fourth-order valence-corrected chi connectivity index (χ4v) is 3.50. The zero-order valence-corrected chi connectivity index (χ0v) is 10.9. The fourth-order valence-electron chi connectivity index (χ4n) is 1.33. The van der Waals surface area contributed by atoms with Gasteiger partial charge in [0.15, 0.2) is 0 Å². The summed E-state index contributed by atoms with van der Waals surface area (Å²) in [6.45, 7) is 1.87. The third-order valence-electron chi connectivity index (χ3n) is 2.15. The van der Waals surface area contributed by atoms with E-state index in [4.69, 9.17) is 5.11 Å². The van der Waals surface area contributed by atoms with E-state index in [0.717, 1.165) is 4.88 Å². The van der Waals surface area contributed by atoms with Gasteiger partial charge in [-0.15, -0.1) is 11.3 Å². The van der Waals surface area contributed by atoms with Crippen LogP contribution in [-0.2, 0) is 10.0 Å². The molecule has 92 valence electrons. The van der Waals surface area contributed by atoms with E-state index in [2.05, 4.69) is 4.72 Å². The molecule has 0 aliphatic rings. The molecule has 16 heavy (non-hydrogen) atoms. The largest absolute Gasteiger partial charge is 0.396 e. The molecule has 0 aliphatic heterocycles. The molecule has 0 aromatic carbocycles. The minimum atomic E-state index is -3.23. The number of thiophene rings is 1. The molecule has 0 saturated heterocycles. The molecule has 0 bridgehead atoms. The van der Waals surface area contributed by atoms with Crippen molar-refractivity contribution in [3.8, 4) is 0 Å². The first-order valence-corrected chi connectivity index (χ1v) is 7.72. The Morgan fingerprint density at radius 1 is 1.50 bits per heavy atom. The molecule has 1 atom stereocenters. The van der Waals surface area contributed by atoms with Crippen LogP contribution >= 0.6 is 11.3 Å². The predicted molar refractivity (Wildman–Crippen MR) is 66.0 cm³/mol. The summed E-state index contributed by atoms with van der Waals surface area (Å²) in [5, 5.41) is 10.5. The normalized spacial score (nSPS) is 13.9. The van der Waals surface area contributed by atoms with Gasteiger partial charge in [-0.05, 0) is 31.2 Å². The summed E-state index contributed by atoms with van der Waals surface area (Å²) >= 11 is 1.53. The molecule has 0 saturated carbocycles. The second-order valence-electron chi connectivity index (χ2n) is 3.60. The minimum absolute atomic E-state index is 0.0377. The van der Waals surface area contributed by atoms with Gasteiger partial charge in [-0.25, -0.2) is 13.1 Å². The Morgan fingerprint density at radius 3 is 2.81 bits per heavy atom. The first-order valence-electron chi connectivity index (χ1n) is 5.19. The predicted octanol–water partition coefficient (Wildman–Crippen LogP) is 1.50. The number of unbranched alkanes of at least 4 members (excludes halogenated alkanes) is 1. The van der Waals surface area contributed by atoms with Crippen molar-refractivity contribution < 1.29 is 13.5 Å². The molecular formula is C10H17NO3S2. The minimum Gasteiger partial charge on any atom is -0.396 e. The van der Waals surface area contributed by atoms with Crippen LogP contribution in [0.3, 0.4) is 0 Å². The Morgan fingerprint density at radius 2 is 2.25 bits per heavy atom. The van der Waals surface area contributed by atoms with Gasteiger partial charge in [0, 0.05) is 11.5 Å². The number of sulfonamides is 1. The molecule has 1 aromatic rings. The highest BCUT2D eigenvalue weighted by atomic mass is 32.2. The van der Waals surface area contributed by atoms with Crippen molar-refractivity contribution in [3.05, 3.63) is 22.4 Å². The molecule has 1 rings (SSSR count). The summed E-state index contributed by atoms with van der Waals surface area (Å²) in [7, 11) is -3.23. The van der Waals surface area contributed by atoms with Crippen molar-refractivity contribution in [2.75, 3.05) is 12.4 Å². The number of hydrogen-bond donors (Lipinski definition) is 2. The molecule has 0 spiro atoms. The first-order chi connectivity index (χ1) is 7.55. The third kappa shape index (κ3) is 4.61. The highest BCUT2D eigenvalue weighted by molar-refractivity contribution is 7.89. The van der Waals surface area contributed by atoms with E-state index in [-0.39, 0.29) is 18.4 Å². The highest BCUT2D eigenvalue weighted by Crippen LogP contribution is 2.18. The zero-order valence-electron chi connectivity index (χ0n) is 9.22. The van der Waals surface area contributed by atoms with Gasteiger partial charge < -0.3 is 5.11 Å². The van der Waals surface area contributed by atoms with Crippen LogP contribution in [0.1, 0.15) is 30.7 Å². The van der Waals surface area contributed by atoms with Gasteiger partial charge in [0.1, 0.15) is 0 Å². The number of nitrogens with one attached hydrogen (secondary N) is 1. The van der Waals surface area contributed by atoms with Crippen LogP contribution in [0, 0.1) is 0 Å². The van der Waals surface area contributed by atoms with Crippen molar-refractivity contribution in [3.63, 3.8) is 0 Å². The quantitative estimate of drug-likeness (QED) is 0.733. The summed E-state index contributed by atoms with van der Waals surface area (Å²) in [5.74, 6) is 0.0727. The molecule has 2 N–H and O–H groups in total. The van der Waals surface area contributed by atoms with Gasteiger partial charge in [-0.1, -0.05) is 6.07 Å². The molecule has 0 amide bonds. The van der Waals surface area contributed by atoms with Gasteiger partial charge in [-0.3, -0.25) is 0 Å². The van der Waals surface area contributed by atoms with E-state index < -0.39 is 10.0 Å². The van der Waals surface area contributed by atoms with Crippen molar-refractivity contribution in [2.24, 2.45) is 0 Å². The van der Waals surface area contributed by atoms with E-state index in [0.29, 0.717) is 12.8 Å². The fraction of sp³-hybridized carbons (Fsp3) is 0.600. The lowest BCUT2D eigenvalue weighted by atomic mass is 10.3. The van der Waals surface area contributed by atoms with Crippen LogP contribution in [0.15, 0.2) is 17.5 Å². The van der Waals surface area contributed by atoms with Crippen molar-refractivity contribution in [2.45, 2.75) is 25.8 Å². The van der Waals surface area contributed by atoms with Gasteiger partial charge in [0.05, 0.1) is 11.8 Å². The SMILES string of the molecule is CC(NS(=O)(=O)CCCCO)c1cccs1. The lowest BCUT2D eigenvalue weighted by Gasteiger charge is -2.12. The topological polar surface area (TPSA) is 66.4 Å². The van der Waals surface area contributed by atoms with E-state index >= 15 is 0 Å². The second-order valence-corrected chi connectivity index (χ2v) is 6.46. The summed E-state index contributed by atoms with van der Waals surface area (Å²) in [6.07, 6.45) is 1.01. The van der Waals surface area contributed by atoms with Crippen molar-refractivity contribution >= 4 is 21.4 Å². The van der Waals surface area contributed by atoms with Crippen LogP contribution in [0.25, 0.3) is 0 Å². The molecule has 4 nitrogen and oxygen atoms in total. The Labute approximate surface area is 100 Å². The molecule has 1 unspecified atom stereocenters. The van der Waals surface area contributed by atoms with Crippen molar-refractivity contribution in [1.29, 1.82) is 0 Å². The standard InChI is InChI=1S/C10H17NO3S2/c1-9(10-5-4-7-15-10)11-16(13,14)8-3-2-6-12/h4-5,7,9,11-12H,2-3,6,8H2,1H3. The summed E-state index contributed by atoms with van der Waals surface area (Å²) in [4.78, 5) is 1.01. The maximum Gasteiger partial charge on any atom is 0.212 e. The van der Waals surface area contributed by atoms with Crippen molar-refractivity contribution in [1.82, 2.24) is 4.72 Å². The average Bonchev–Trinajstić information content (AvgIpc) is 2.69. The monoisotopic (exact) mass is 263 g/mol. The van der Waals surface area contributed by atoms with E-state index in [1.54, 1.807) is 0 Å². The first kappa shape index (κ1) is 13.6. The number of rotatable bonds is 7. The Kier molecular flexibility index (Phi) is 5.40. The zero-order chi connectivity index (χ0) is 12.0. The molecular weight excluding hydrogens is 246 g/mol. The summed E-state index contributed by atoms with van der Waals surface area (Å²) in [6, 6.07) is 3.63. The van der Waals surface area contributed by atoms with Gasteiger partial charge >= 0.3 is 0 Å². The molecule has 6 heteroatoms. The Hall–Kier alpha value is -0.430. The van der Waals surface area contributed by atoms with Gasteiger partial charge in [-0.2, -0.15) is 0 Å². The molecule has 0 radical (unpaired) electrons. The van der Waals surface area contributed by atoms with E-state index in [1.165, 1.54) is 11.3 Å². The Bertz CT molecular complexity index is 386. The van der Waals surface area contributed by atoms with Gasteiger partial charge in [0.2, 0.25) is 10.0 Å². The van der Waals surface area contributed by atoms with Crippen LogP contribution in [0.2, 0.25) is 0 Å². The summed E-state index contributed by atoms with van der Waals surface area (Å²) < 4.78 is 25.9. The molecule has 0 fully saturated rings. The van der Waals surface area contributed by atoms with Crippen LogP contribution in [-0.4, -0.2) is 25.9 Å². The van der Waals surface area contributed by atoms with E-state index in [9.17, 15) is 8.42 Å². The Balaban J connectivity index is 2.46. The smallest absolute Gasteiger partial charge is 0.212 e. The average molecular weight is 263 g/mol. The molecule has 1 aromatic heterocycles. The summed E-state index contributed by atoms with van der Waals surface area (Å²) in [5.41, 5.74) is 0. The highest BCUT2D eigenvalue weighted by Gasteiger charge is 2.15. The lowest BCUT2D eigenvalue weighted by molar-refractivity contribution is 0.287. The van der Waals surface area contributed by atoms with Crippen LogP contribution in [0.4, 0.5) is 0 Å². The maximum atomic E-state index is 11.6. The number of aliphatic hydroxyl groups is 1. The van der Waals surface area contributed by atoms with Gasteiger partial charge in [0.25, 0.3) is 0 Å². The molecule has 0 aliphatic carbocycles. The van der Waals surface area contributed by atoms with E-state index in [1.807, 2.05) is 24.4 Å². The van der Waals surface area contributed by atoms with Crippen LogP contribution in [0.5, 0.6) is 0 Å². The molecule has 1 heterocycles. The number of hydrogen-bond acceptors (Lipinski definition) is 4.